The van der Waals surface area contributed by atoms with Crippen molar-refractivity contribution in [3.05, 3.63) is 74.5 Å². The molecule has 0 fully saturated rings. The standard InChI is InChI=1S/C14H10N6O5/c1-17-7-5-15-14(17)13(21)9-2-3-10(11(8-9)19(22)23)18-6-4-12(16-18)20(24)25/h2-8H,1H3. The summed E-state index contributed by atoms with van der Waals surface area (Å²) in [6, 6.07) is 4.91. The average Bonchev–Trinajstić information content (AvgIpc) is 3.22. The Balaban J connectivity index is 2.07. The fourth-order valence-corrected chi connectivity index (χ4v) is 2.26. The number of hydrogen-bond donors (Lipinski definition) is 0. The van der Waals surface area contributed by atoms with Gasteiger partial charge >= 0.3 is 5.82 Å². The zero-order valence-electron chi connectivity index (χ0n) is 12.8. The molecule has 25 heavy (non-hydrogen) atoms. The highest BCUT2D eigenvalue weighted by Crippen LogP contribution is 2.26. The topological polar surface area (TPSA) is 139 Å². The Morgan fingerprint density at radius 3 is 2.44 bits per heavy atom. The molecule has 0 aliphatic heterocycles. The molecule has 3 aromatic rings. The lowest BCUT2D eigenvalue weighted by molar-refractivity contribution is -0.389. The third kappa shape index (κ3) is 2.85. The minimum Gasteiger partial charge on any atom is -0.358 e. The summed E-state index contributed by atoms with van der Waals surface area (Å²) in [7, 11) is 1.63. The largest absolute Gasteiger partial charge is 0.390 e. The fourth-order valence-electron chi connectivity index (χ4n) is 2.26. The second-order valence-corrected chi connectivity index (χ2v) is 5.03. The minimum absolute atomic E-state index is 0.00879. The number of aryl methyl sites for hydroxylation is 1. The molecule has 0 saturated carbocycles. The van der Waals surface area contributed by atoms with E-state index in [0.717, 1.165) is 16.8 Å². The van der Waals surface area contributed by atoms with Gasteiger partial charge in [-0.1, -0.05) is 0 Å². The van der Waals surface area contributed by atoms with E-state index in [1.165, 1.54) is 29.1 Å². The van der Waals surface area contributed by atoms with E-state index in [1.54, 1.807) is 13.2 Å². The number of benzene rings is 1. The summed E-state index contributed by atoms with van der Waals surface area (Å²) >= 11 is 0. The van der Waals surface area contributed by atoms with Crippen LogP contribution in [0.4, 0.5) is 11.5 Å². The van der Waals surface area contributed by atoms with Crippen molar-refractivity contribution >= 4 is 17.3 Å². The molecule has 11 heteroatoms. The number of hydrogen-bond acceptors (Lipinski definition) is 7. The molecule has 0 amide bonds. The van der Waals surface area contributed by atoms with Gasteiger partial charge in [0.1, 0.15) is 0 Å². The van der Waals surface area contributed by atoms with Crippen LogP contribution in [0, 0.1) is 20.2 Å². The van der Waals surface area contributed by atoms with Crippen molar-refractivity contribution in [2.24, 2.45) is 7.05 Å². The van der Waals surface area contributed by atoms with Crippen LogP contribution in [-0.4, -0.2) is 35.0 Å². The minimum atomic E-state index is -0.707. The molecule has 0 saturated heterocycles. The molecule has 0 N–H and O–H groups in total. The zero-order valence-corrected chi connectivity index (χ0v) is 12.8. The Morgan fingerprint density at radius 2 is 1.88 bits per heavy atom. The molecule has 0 atom stereocenters. The van der Waals surface area contributed by atoms with Gasteiger partial charge in [-0.3, -0.25) is 14.9 Å². The number of rotatable bonds is 5. The fraction of sp³-hybridized carbons (Fsp3) is 0.0714. The Labute approximate surface area is 139 Å². The molecule has 0 aliphatic rings. The van der Waals surface area contributed by atoms with E-state index in [0.29, 0.717) is 0 Å². The lowest BCUT2D eigenvalue weighted by Gasteiger charge is -2.04. The number of imidazole rings is 1. The van der Waals surface area contributed by atoms with Crippen LogP contribution in [0.3, 0.4) is 0 Å². The van der Waals surface area contributed by atoms with Gasteiger partial charge in [0.25, 0.3) is 5.69 Å². The predicted molar refractivity (Wildman–Crippen MR) is 83.5 cm³/mol. The maximum Gasteiger partial charge on any atom is 0.390 e. The van der Waals surface area contributed by atoms with Gasteiger partial charge in [0.05, 0.1) is 22.3 Å². The number of ketones is 1. The van der Waals surface area contributed by atoms with Crippen molar-refractivity contribution in [2.75, 3.05) is 0 Å². The van der Waals surface area contributed by atoms with Crippen molar-refractivity contribution in [1.82, 2.24) is 19.3 Å². The first-order chi connectivity index (χ1) is 11.9. The van der Waals surface area contributed by atoms with Gasteiger partial charge in [0.15, 0.2) is 11.5 Å². The molecule has 3 rings (SSSR count). The van der Waals surface area contributed by atoms with E-state index >= 15 is 0 Å². The Hall–Kier alpha value is -3.89. The van der Waals surface area contributed by atoms with Crippen LogP contribution >= 0.6 is 0 Å². The molecule has 126 valence electrons. The first-order valence-electron chi connectivity index (χ1n) is 6.89. The first-order valence-corrected chi connectivity index (χ1v) is 6.89. The highest BCUT2D eigenvalue weighted by Gasteiger charge is 2.24. The molecule has 0 aliphatic carbocycles. The van der Waals surface area contributed by atoms with Crippen LogP contribution in [-0.2, 0) is 7.05 Å². The van der Waals surface area contributed by atoms with Gasteiger partial charge in [-0.05, 0) is 17.1 Å². The summed E-state index contributed by atoms with van der Waals surface area (Å²) in [5.74, 6) is -0.784. The maximum atomic E-state index is 12.4. The lowest BCUT2D eigenvalue weighted by atomic mass is 10.1. The summed E-state index contributed by atoms with van der Waals surface area (Å²) in [5.41, 5.74) is -0.320. The molecule has 0 bridgehead atoms. The van der Waals surface area contributed by atoms with Gasteiger partial charge in [-0.2, -0.15) is 0 Å². The highest BCUT2D eigenvalue weighted by molar-refractivity contribution is 6.07. The number of aromatic nitrogens is 4. The maximum absolute atomic E-state index is 12.4. The number of carbonyl (C=O) groups is 1. The number of nitrogens with zero attached hydrogens (tertiary/aromatic N) is 6. The second-order valence-electron chi connectivity index (χ2n) is 5.03. The Kier molecular flexibility index (Phi) is 3.81. The smallest absolute Gasteiger partial charge is 0.358 e. The lowest BCUT2D eigenvalue weighted by Crippen LogP contribution is -2.10. The molecule has 1 aromatic carbocycles. The van der Waals surface area contributed by atoms with Crippen LogP contribution < -0.4 is 0 Å². The Morgan fingerprint density at radius 1 is 1.12 bits per heavy atom. The summed E-state index contributed by atoms with van der Waals surface area (Å²) in [5, 5.41) is 25.7. The van der Waals surface area contributed by atoms with E-state index < -0.39 is 27.1 Å². The molecule has 2 heterocycles. The molecule has 0 spiro atoms. The van der Waals surface area contributed by atoms with Crippen molar-refractivity contribution in [2.45, 2.75) is 0 Å². The molecular weight excluding hydrogens is 332 g/mol. The third-order valence-electron chi connectivity index (χ3n) is 3.47. The van der Waals surface area contributed by atoms with Crippen molar-refractivity contribution < 1.29 is 14.6 Å². The third-order valence-corrected chi connectivity index (χ3v) is 3.47. The van der Waals surface area contributed by atoms with Crippen molar-refractivity contribution in [3.63, 3.8) is 0 Å². The number of nitro benzene ring substituents is 1. The molecule has 2 aromatic heterocycles. The SMILES string of the molecule is Cn1ccnc1C(=O)c1ccc(-n2ccc([N+](=O)[O-])n2)c([N+](=O)[O-])c1. The van der Waals surface area contributed by atoms with Gasteiger partial charge in [0.2, 0.25) is 5.78 Å². The highest BCUT2D eigenvalue weighted by atomic mass is 16.6. The van der Waals surface area contributed by atoms with Gasteiger partial charge in [-0.25, -0.2) is 4.98 Å². The van der Waals surface area contributed by atoms with Gasteiger partial charge in [-0.15, -0.1) is 4.68 Å². The Bertz CT molecular complexity index is 1000. The van der Waals surface area contributed by atoms with E-state index in [1.807, 2.05) is 0 Å². The summed E-state index contributed by atoms with van der Waals surface area (Å²) in [4.78, 5) is 37.0. The summed E-state index contributed by atoms with van der Waals surface area (Å²) in [6.07, 6.45) is 4.26. The van der Waals surface area contributed by atoms with Crippen LogP contribution in [0.15, 0.2) is 42.9 Å². The first kappa shape index (κ1) is 16.0. The van der Waals surface area contributed by atoms with E-state index in [2.05, 4.69) is 10.1 Å². The summed E-state index contributed by atoms with van der Waals surface area (Å²) < 4.78 is 2.52. The molecular formula is C14H10N6O5. The second kappa shape index (κ2) is 5.96. The van der Waals surface area contributed by atoms with Crippen molar-refractivity contribution in [1.29, 1.82) is 0 Å². The van der Waals surface area contributed by atoms with Crippen LogP contribution in [0.1, 0.15) is 16.2 Å². The van der Waals surface area contributed by atoms with E-state index in [-0.39, 0.29) is 17.1 Å². The molecule has 11 nitrogen and oxygen atoms in total. The predicted octanol–water partition coefficient (Wildman–Crippen LogP) is 1.65. The van der Waals surface area contributed by atoms with Crippen LogP contribution in [0.25, 0.3) is 5.69 Å². The molecule has 0 radical (unpaired) electrons. The normalized spacial score (nSPS) is 10.6. The van der Waals surface area contributed by atoms with Crippen LogP contribution in [0.2, 0.25) is 0 Å². The zero-order chi connectivity index (χ0) is 18.1. The van der Waals surface area contributed by atoms with Gasteiger partial charge in [0, 0.05) is 31.1 Å². The monoisotopic (exact) mass is 342 g/mol. The quantitative estimate of drug-likeness (QED) is 0.390. The number of nitro groups is 2. The van der Waals surface area contributed by atoms with E-state index in [9.17, 15) is 25.0 Å². The molecule has 0 unspecified atom stereocenters. The van der Waals surface area contributed by atoms with E-state index in [4.69, 9.17) is 0 Å². The number of carbonyl (C=O) groups excluding carboxylic acids is 1. The van der Waals surface area contributed by atoms with Crippen LogP contribution in [0.5, 0.6) is 0 Å². The van der Waals surface area contributed by atoms with Gasteiger partial charge < -0.3 is 14.7 Å². The average molecular weight is 342 g/mol. The van der Waals surface area contributed by atoms with Crippen molar-refractivity contribution in [3.8, 4) is 5.69 Å². The summed E-state index contributed by atoms with van der Waals surface area (Å²) in [6.45, 7) is 0.